The van der Waals surface area contributed by atoms with Crippen molar-refractivity contribution in [2.75, 3.05) is 0 Å². The van der Waals surface area contributed by atoms with Crippen LogP contribution in [0.1, 0.15) is 96.2 Å². The third kappa shape index (κ3) is 6.74. The van der Waals surface area contributed by atoms with E-state index in [4.69, 9.17) is 0 Å². The molecule has 0 unspecified atom stereocenters. The number of allylic oxidation sites excluding steroid dienone is 1. The van der Waals surface area contributed by atoms with Gasteiger partial charge in [0.2, 0.25) is 0 Å². The fraction of sp³-hybridized carbons (Fsp3) is 0.591. The molecule has 1 saturated carbocycles. The van der Waals surface area contributed by atoms with Gasteiger partial charge in [-0.3, -0.25) is 4.79 Å². The lowest BCUT2D eigenvalue weighted by Crippen LogP contribution is -2.20. The molecule has 1 N–H and O–H groups in total. The molecule has 1 aromatic heterocycles. The zero-order valence-electron chi connectivity index (χ0n) is 17.0. The quantitative estimate of drug-likeness (QED) is 0.522. The smallest absolute Gasteiger partial charge is 0.251 e. The normalized spacial score (nSPS) is 16.9. The number of hydrogen-bond donors (Lipinski definition) is 1. The van der Waals surface area contributed by atoms with Crippen LogP contribution < -0.4 is 5.56 Å². The molecule has 1 aliphatic rings. The summed E-state index contributed by atoms with van der Waals surface area (Å²) < 4.78 is 0. The average molecular weight is 358 g/mol. The van der Waals surface area contributed by atoms with Crippen LogP contribution in [0.5, 0.6) is 0 Å². The molecule has 2 rings (SSSR count). The van der Waals surface area contributed by atoms with Gasteiger partial charge in [-0.15, -0.1) is 0 Å². The van der Waals surface area contributed by atoms with Gasteiger partial charge < -0.3 is 4.98 Å². The van der Waals surface area contributed by atoms with Crippen molar-refractivity contribution in [1.29, 1.82) is 0 Å². The summed E-state index contributed by atoms with van der Waals surface area (Å²) in [5.74, 6) is 0.839. The van der Waals surface area contributed by atoms with Crippen LogP contribution in [0.3, 0.4) is 0 Å². The van der Waals surface area contributed by atoms with Crippen LogP contribution in [0.4, 0.5) is 0 Å². The van der Waals surface area contributed by atoms with Crippen molar-refractivity contribution in [1.82, 2.24) is 4.98 Å². The fourth-order valence-corrected chi connectivity index (χ4v) is 3.16. The van der Waals surface area contributed by atoms with E-state index in [1.54, 1.807) is 6.20 Å². The Hall–Kier alpha value is -1.97. The monoisotopic (exact) mass is 357 g/mol. The van der Waals surface area contributed by atoms with Crippen LogP contribution in [0, 0.1) is 0 Å². The highest BCUT2D eigenvalue weighted by molar-refractivity contribution is 6.00. The van der Waals surface area contributed by atoms with E-state index in [-0.39, 0.29) is 5.56 Å². The Kier molecular flexibility index (Phi) is 10.5. The molecule has 4 heteroatoms. The van der Waals surface area contributed by atoms with Gasteiger partial charge in [0, 0.05) is 11.8 Å². The molecule has 0 spiro atoms. The number of hydrogen-bond acceptors (Lipinski definition) is 2. The number of H-pyrrole nitrogens is 1. The lowest BCUT2D eigenvalue weighted by Gasteiger charge is -2.19. The molecule has 0 saturated heterocycles. The van der Waals surface area contributed by atoms with E-state index in [0.717, 1.165) is 30.4 Å². The Labute approximate surface area is 158 Å². The van der Waals surface area contributed by atoms with Gasteiger partial charge in [0.1, 0.15) is 0 Å². The molecule has 0 bridgehead atoms. The molecule has 144 valence electrons. The average Bonchev–Trinajstić information content (AvgIpc) is 2.64. The van der Waals surface area contributed by atoms with E-state index >= 15 is 0 Å². The van der Waals surface area contributed by atoms with Crippen LogP contribution in [-0.4, -0.2) is 17.5 Å². The number of pyridine rings is 1. The van der Waals surface area contributed by atoms with E-state index in [0.29, 0.717) is 17.4 Å². The van der Waals surface area contributed by atoms with Gasteiger partial charge in [0.25, 0.3) is 5.56 Å². The van der Waals surface area contributed by atoms with E-state index in [9.17, 15) is 4.79 Å². The predicted octanol–water partition coefficient (Wildman–Crippen LogP) is 5.99. The molecular formula is C22H35N3O. The van der Waals surface area contributed by atoms with Crippen molar-refractivity contribution in [2.45, 2.75) is 85.0 Å². The van der Waals surface area contributed by atoms with Gasteiger partial charge in [-0.05, 0) is 44.9 Å². The van der Waals surface area contributed by atoms with Gasteiger partial charge in [-0.2, -0.15) is 0 Å². The maximum atomic E-state index is 12.6. The summed E-state index contributed by atoms with van der Waals surface area (Å²) in [6, 6.07) is 3.87. The molecule has 0 amide bonds. The highest BCUT2D eigenvalue weighted by Crippen LogP contribution is 2.29. The van der Waals surface area contributed by atoms with Crippen molar-refractivity contribution in [3.8, 4) is 0 Å². The second-order valence-corrected chi connectivity index (χ2v) is 6.64. The summed E-state index contributed by atoms with van der Waals surface area (Å²) in [5, 5.41) is 0. The van der Waals surface area contributed by atoms with Crippen LogP contribution >= 0.6 is 0 Å². The maximum absolute atomic E-state index is 12.6. The molecular weight excluding hydrogens is 322 g/mol. The Morgan fingerprint density at radius 2 is 1.81 bits per heavy atom. The van der Waals surface area contributed by atoms with Gasteiger partial charge in [0.15, 0.2) is 5.84 Å². The summed E-state index contributed by atoms with van der Waals surface area (Å²) in [5.41, 5.74) is 2.68. The third-order valence-corrected chi connectivity index (χ3v) is 4.84. The first-order valence-electron chi connectivity index (χ1n) is 10.1. The fourth-order valence-electron chi connectivity index (χ4n) is 3.16. The Morgan fingerprint density at radius 3 is 2.35 bits per heavy atom. The van der Waals surface area contributed by atoms with Crippen LogP contribution in [0.2, 0.25) is 0 Å². The van der Waals surface area contributed by atoms with E-state index in [1.165, 1.54) is 32.1 Å². The van der Waals surface area contributed by atoms with Gasteiger partial charge in [-0.25, -0.2) is 9.98 Å². The number of aliphatic imine (C=N–C) groups is 2. The first-order valence-corrected chi connectivity index (χ1v) is 10.1. The lowest BCUT2D eigenvalue weighted by molar-refractivity contribution is 0.453. The van der Waals surface area contributed by atoms with E-state index in [2.05, 4.69) is 28.6 Å². The topological polar surface area (TPSA) is 57.6 Å². The first kappa shape index (κ1) is 22.1. The molecule has 0 aliphatic heterocycles. The predicted molar refractivity (Wildman–Crippen MR) is 114 cm³/mol. The summed E-state index contributed by atoms with van der Waals surface area (Å²) in [6.45, 7) is 11.7. The Bertz CT molecular complexity index is 662. The molecule has 26 heavy (non-hydrogen) atoms. The summed E-state index contributed by atoms with van der Waals surface area (Å²) in [7, 11) is 0. The Morgan fingerprint density at radius 1 is 1.19 bits per heavy atom. The van der Waals surface area contributed by atoms with Gasteiger partial charge >= 0.3 is 0 Å². The number of rotatable bonds is 4. The van der Waals surface area contributed by atoms with Crippen LogP contribution in [0.25, 0.3) is 0 Å². The summed E-state index contributed by atoms with van der Waals surface area (Å²) >= 11 is 0. The molecule has 1 heterocycles. The lowest BCUT2D eigenvalue weighted by atomic mass is 9.86. The van der Waals surface area contributed by atoms with E-state index in [1.807, 2.05) is 32.9 Å². The van der Waals surface area contributed by atoms with Crippen molar-refractivity contribution in [3.63, 3.8) is 0 Å². The number of amidine groups is 1. The number of nitrogens with one attached hydrogen (secondary N) is 1. The number of nitrogens with zero attached hydrogens (tertiary/aromatic N) is 2. The molecule has 1 aliphatic carbocycles. The van der Waals surface area contributed by atoms with Gasteiger partial charge in [0.05, 0.1) is 5.69 Å². The zero-order valence-corrected chi connectivity index (χ0v) is 17.0. The van der Waals surface area contributed by atoms with Crippen molar-refractivity contribution in [2.24, 2.45) is 9.98 Å². The number of aromatic amines is 1. The van der Waals surface area contributed by atoms with Gasteiger partial charge in [-0.1, -0.05) is 64.5 Å². The number of aromatic nitrogens is 1. The molecule has 0 atom stereocenters. The summed E-state index contributed by atoms with van der Waals surface area (Å²) in [6.07, 6.45) is 11.3. The Balaban J connectivity index is 0.00000163. The van der Waals surface area contributed by atoms with Crippen LogP contribution in [0.15, 0.2) is 38.7 Å². The molecule has 1 aromatic rings. The molecule has 4 nitrogen and oxygen atoms in total. The molecule has 1 fully saturated rings. The minimum absolute atomic E-state index is 0.00869. The van der Waals surface area contributed by atoms with Crippen molar-refractivity contribution < 1.29 is 0 Å². The van der Waals surface area contributed by atoms with Crippen LogP contribution in [-0.2, 0) is 0 Å². The minimum atomic E-state index is -0.00869. The minimum Gasteiger partial charge on any atom is -0.319 e. The van der Waals surface area contributed by atoms with E-state index < -0.39 is 0 Å². The molecule has 0 radical (unpaired) electrons. The highest BCUT2D eigenvalue weighted by atomic mass is 16.1. The second kappa shape index (κ2) is 12.4. The second-order valence-electron chi connectivity index (χ2n) is 6.64. The van der Waals surface area contributed by atoms with Crippen molar-refractivity contribution >= 4 is 12.6 Å². The largest absolute Gasteiger partial charge is 0.319 e. The summed E-state index contributed by atoms with van der Waals surface area (Å²) in [4.78, 5) is 23.8. The first-order chi connectivity index (χ1) is 12.7. The molecule has 0 aromatic carbocycles. The standard InChI is InChI=1S/C20H29N3O.C2H6/c1-4-15(2)14-22-19(21-3)18-13-12-17(20(24)23-18)16-10-8-6-5-7-9-11-16;1-2/h12-14,16H,3-11H2,1-2H3,(H,23,24);1-2H3/b15-14-,22-19?;. The SMILES string of the molecule is C=NC(=N/C=C(/C)CC)c1ccc(C2CCCCCCC2)c(=O)[nH]1.CC. The maximum Gasteiger partial charge on any atom is 0.251 e. The zero-order chi connectivity index (χ0) is 19.4. The van der Waals surface area contributed by atoms with Crippen molar-refractivity contribution in [3.05, 3.63) is 45.5 Å². The highest BCUT2D eigenvalue weighted by Gasteiger charge is 2.17. The third-order valence-electron chi connectivity index (χ3n) is 4.84.